The zero-order chi connectivity index (χ0) is 14.0. The third-order valence-electron chi connectivity index (χ3n) is 2.87. The molecule has 0 radical (unpaired) electrons. The van der Waals surface area contributed by atoms with Gasteiger partial charge in [0.05, 0.1) is 17.0 Å². The van der Waals surface area contributed by atoms with Gasteiger partial charge in [0.2, 0.25) is 0 Å². The fourth-order valence-electron chi connectivity index (χ4n) is 1.73. The summed E-state index contributed by atoms with van der Waals surface area (Å²) in [6.45, 7) is 5.46. The van der Waals surface area contributed by atoms with E-state index in [1.54, 1.807) is 32.0 Å². The van der Waals surface area contributed by atoms with Crippen molar-refractivity contribution in [3.8, 4) is 0 Å². The molecule has 2 rings (SSSR count). The van der Waals surface area contributed by atoms with E-state index in [1.165, 1.54) is 0 Å². The molecule has 0 bridgehead atoms. The van der Waals surface area contributed by atoms with Crippen LogP contribution >= 0.6 is 0 Å². The Morgan fingerprint density at radius 2 is 1.89 bits per heavy atom. The van der Waals surface area contributed by atoms with Crippen LogP contribution in [0.5, 0.6) is 0 Å². The van der Waals surface area contributed by atoms with Crippen LogP contribution in [-0.4, -0.2) is 16.1 Å². The molecular weight excluding hydrogens is 240 g/mol. The molecule has 0 atom stereocenters. The predicted molar refractivity (Wildman–Crippen MR) is 75.1 cm³/mol. The van der Waals surface area contributed by atoms with Crippen LogP contribution in [0.25, 0.3) is 0 Å². The summed E-state index contributed by atoms with van der Waals surface area (Å²) in [5, 5.41) is 10.7. The van der Waals surface area contributed by atoms with Crippen molar-refractivity contribution in [3.05, 3.63) is 46.8 Å². The average molecular weight is 256 g/mol. The Labute approximate surface area is 111 Å². The first-order chi connectivity index (χ1) is 8.97. The lowest BCUT2D eigenvalue weighted by molar-refractivity contribution is 0.102. The molecule has 2 aromatic rings. The molecule has 1 heterocycles. The summed E-state index contributed by atoms with van der Waals surface area (Å²) in [6.07, 6.45) is 0. The number of nitrogens with zero attached hydrogens (tertiary/aromatic N) is 2. The molecule has 0 spiro atoms. The highest BCUT2D eigenvalue weighted by Gasteiger charge is 2.11. The molecule has 98 valence electrons. The van der Waals surface area contributed by atoms with Crippen molar-refractivity contribution < 1.29 is 4.79 Å². The van der Waals surface area contributed by atoms with E-state index in [0.717, 1.165) is 5.56 Å². The van der Waals surface area contributed by atoms with Crippen LogP contribution in [-0.2, 0) is 0 Å². The fourth-order valence-corrected chi connectivity index (χ4v) is 1.73. The van der Waals surface area contributed by atoms with Crippen molar-refractivity contribution >= 4 is 17.3 Å². The molecule has 1 amide bonds. The Kier molecular flexibility index (Phi) is 3.46. The first-order valence-electron chi connectivity index (χ1n) is 5.96. The number of nitrogen functional groups attached to an aromatic ring is 1. The molecule has 19 heavy (non-hydrogen) atoms. The van der Waals surface area contributed by atoms with Crippen LogP contribution in [0.3, 0.4) is 0 Å². The second kappa shape index (κ2) is 5.06. The number of nitrogens with one attached hydrogen (secondary N) is 1. The molecule has 0 aliphatic carbocycles. The zero-order valence-electron chi connectivity index (χ0n) is 11.2. The highest BCUT2D eigenvalue weighted by molar-refractivity contribution is 6.05. The standard InChI is InChI=1S/C14H16N4O/c1-8-6-11(4-5-13(8)15)16-14(19)12-7-9(2)17-18-10(12)3/h4-7H,15H2,1-3H3,(H,16,19). The van der Waals surface area contributed by atoms with Crippen molar-refractivity contribution in [1.29, 1.82) is 0 Å². The summed E-state index contributed by atoms with van der Waals surface area (Å²) >= 11 is 0. The van der Waals surface area contributed by atoms with E-state index >= 15 is 0 Å². The maximum atomic E-state index is 12.2. The molecule has 0 unspecified atom stereocenters. The minimum Gasteiger partial charge on any atom is -0.399 e. The Balaban J connectivity index is 2.25. The van der Waals surface area contributed by atoms with Crippen LogP contribution in [0, 0.1) is 20.8 Å². The summed E-state index contributed by atoms with van der Waals surface area (Å²) in [7, 11) is 0. The van der Waals surface area contributed by atoms with Crippen LogP contribution < -0.4 is 11.1 Å². The summed E-state index contributed by atoms with van der Waals surface area (Å²) in [6, 6.07) is 7.11. The summed E-state index contributed by atoms with van der Waals surface area (Å²) in [5.74, 6) is -0.195. The molecule has 3 N–H and O–H groups in total. The first kappa shape index (κ1) is 13.0. The number of rotatable bonds is 2. The lowest BCUT2D eigenvalue weighted by Crippen LogP contribution is -2.15. The Bertz CT molecular complexity index is 637. The molecule has 0 aliphatic rings. The van der Waals surface area contributed by atoms with Gasteiger partial charge in [0.15, 0.2) is 0 Å². The minimum absolute atomic E-state index is 0.195. The van der Waals surface area contributed by atoms with Gasteiger partial charge in [0, 0.05) is 11.4 Å². The normalized spacial score (nSPS) is 10.3. The lowest BCUT2D eigenvalue weighted by atomic mass is 10.1. The number of benzene rings is 1. The van der Waals surface area contributed by atoms with Gasteiger partial charge in [-0.2, -0.15) is 10.2 Å². The van der Waals surface area contributed by atoms with Crippen molar-refractivity contribution in [2.45, 2.75) is 20.8 Å². The molecule has 0 aliphatic heterocycles. The number of carbonyl (C=O) groups is 1. The largest absolute Gasteiger partial charge is 0.399 e. The van der Waals surface area contributed by atoms with Gasteiger partial charge in [0.25, 0.3) is 5.91 Å². The van der Waals surface area contributed by atoms with Gasteiger partial charge in [-0.15, -0.1) is 0 Å². The molecular formula is C14H16N4O. The topological polar surface area (TPSA) is 80.9 Å². The van der Waals surface area contributed by atoms with Gasteiger partial charge in [-0.25, -0.2) is 0 Å². The van der Waals surface area contributed by atoms with Gasteiger partial charge >= 0.3 is 0 Å². The molecule has 1 aromatic carbocycles. The number of nitrogens with two attached hydrogens (primary N) is 1. The van der Waals surface area contributed by atoms with E-state index in [-0.39, 0.29) is 5.91 Å². The number of aryl methyl sites for hydroxylation is 3. The summed E-state index contributed by atoms with van der Waals surface area (Å²) in [4.78, 5) is 12.2. The smallest absolute Gasteiger partial charge is 0.257 e. The molecule has 5 nitrogen and oxygen atoms in total. The number of hydrogen-bond acceptors (Lipinski definition) is 4. The predicted octanol–water partition coefficient (Wildman–Crippen LogP) is 2.24. The third kappa shape index (κ3) is 2.88. The van der Waals surface area contributed by atoms with E-state index in [0.29, 0.717) is 28.3 Å². The van der Waals surface area contributed by atoms with E-state index in [1.807, 2.05) is 13.0 Å². The molecule has 5 heteroatoms. The van der Waals surface area contributed by atoms with Crippen molar-refractivity contribution in [3.63, 3.8) is 0 Å². The molecule has 0 saturated carbocycles. The number of amides is 1. The minimum atomic E-state index is -0.195. The van der Waals surface area contributed by atoms with Crippen LogP contribution in [0.15, 0.2) is 24.3 Å². The summed E-state index contributed by atoms with van der Waals surface area (Å²) < 4.78 is 0. The quantitative estimate of drug-likeness (QED) is 0.807. The highest BCUT2D eigenvalue weighted by Crippen LogP contribution is 2.17. The zero-order valence-corrected chi connectivity index (χ0v) is 11.2. The van der Waals surface area contributed by atoms with Crippen molar-refractivity contribution in [2.24, 2.45) is 0 Å². The Morgan fingerprint density at radius 3 is 2.58 bits per heavy atom. The molecule has 0 fully saturated rings. The average Bonchev–Trinajstić information content (AvgIpc) is 2.36. The van der Waals surface area contributed by atoms with E-state index in [4.69, 9.17) is 5.73 Å². The third-order valence-corrected chi connectivity index (χ3v) is 2.87. The lowest BCUT2D eigenvalue weighted by Gasteiger charge is -2.09. The van der Waals surface area contributed by atoms with Crippen LogP contribution in [0.1, 0.15) is 27.3 Å². The van der Waals surface area contributed by atoms with Crippen molar-refractivity contribution in [1.82, 2.24) is 10.2 Å². The van der Waals surface area contributed by atoms with Gasteiger partial charge in [-0.3, -0.25) is 4.79 Å². The second-order valence-corrected chi connectivity index (χ2v) is 4.51. The van der Waals surface area contributed by atoms with Crippen LogP contribution in [0.2, 0.25) is 0 Å². The van der Waals surface area contributed by atoms with Gasteiger partial charge in [-0.1, -0.05) is 0 Å². The molecule has 1 aromatic heterocycles. The van der Waals surface area contributed by atoms with E-state index < -0.39 is 0 Å². The maximum Gasteiger partial charge on any atom is 0.257 e. The maximum absolute atomic E-state index is 12.2. The number of carbonyl (C=O) groups excluding carboxylic acids is 1. The van der Waals surface area contributed by atoms with Gasteiger partial charge in [-0.05, 0) is 50.6 Å². The van der Waals surface area contributed by atoms with Crippen LogP contribution in [0.4, 0.5) is 11.4 Å². The van der Waals surface area contributed by atoms with Crippen molar-refractivity contribution in [2.75, 3.05) is 11.1 Å². The van der Waals surface area contributed by atoms with E-state index in [9.17, 15) is 4.79 Å². The SMILES string of the molecule is Cc1cc(C(=O)Nc2ccc(N)c(C)c2)c(C)nn1. The Hall–Kier alpha value is -2.43. The summed E-state index contributed by atoms with van der Waals surface area (Å²) in [5.41, 5.74) is 9.94. The fraction of sp³-hybridized carbons (Fsp3) is 0.214. The second-order valence-electron chi connectivity index (χ2n) is 4.51. The van der Waals surface area contributed by atoms with Gasteiger partial charge < -0.3 is 11.1 Å². The van der Waals surface area contributed by atoms with E-state index in [2.05, 4.69) is 15.5 Å². The number of aromatic nitrogens is 2. The first-order valence-corrected chi connectivity index (χ1v) is 5.96. The van der Waals surface area contributed by atoms with Gasteiger partial charge in [0.1, 0.15) is 0 Å². The number of hydrogen-bond donors (Lipinski definition) is 2. The molecule has 0 saturated heterocycles. The monoisotopic (exact) mass is 256 g/mol. The Morgan fingerprint density at radius 1 is 1.16 bits per heavy atom. The highest BCUT2D eigenvalue weighted by atomic mass is 16.1. The number of anilines is 2.